The Balaban J connectivity index is 1.69. The first-order valence-electron chi connectivity index (χ1n) is 7.39. The summed E-state index contributed by atoms with van der Waals surface area (Å²) in [4.78, 5) is 4.58. The number of rotatable bonds is 5. The van der Waals surface area contributed by atoms with Crippen molar-refractivity contribution >= 4 is 11.3 Å². The van der Waals surface area contributed by atoms with Crippen LogP contribution in [0.5, 0.6) is 0 Å². The highest BCUT2D eigenvalue weighted by Gasteiger charge is 2.19. The van der Waals surface area contributed by atoms with E-state index in [0.29, 0.717) is 6.04 Å². The standard InChI is InChI=1S/C15H22N4S/c1-11-17-15(10-20-11)14(16-2)9-12-7-8-19(18-12)13-5-3-4-6-13/h7-8,10,13-14,16H,3-6,9H2,1-2H3. The molecule has 1 fully saturated rings. The van der Waals surface area contributed by atoms with Crippen LogP contribution in [-0.4, -0.2) is 21.8 Å². The van der Waals surface area contributed by atoms with E-state index in [-0.39, 0.29) is 6.04 Å². The molecule has 1 N–H and O–H groups in total. The van der Waals surface area contributed by atoms with Gasteiger partial charge < -0.3 is 5.32 Å². The van der Waals surface area contributed by atoms with Crippen molar-refractivity contribution in [3.8, 4) is 0 Å². The summed E-state index contributed by atoms with van der Waals surface area (Å²) in [5, 5.41) is 11.4. The first kappa shape index (κ1) is 13.8. The Bertz CT molecular complexity index is 554. The third kappa shape index (κ3) is 2.94. The number of hydrogen-bond acceptors (Lipinski definition) is 4. The molecule has 0 spiro atoms. The molecular formula is C15H22N4S. The average Bonchev–Trinajstić information content (AvgIpc) is 3.16. The second-order valence-electron chi connectivity index (χ2n) is 5.56. The smallest absolute Gasteiger partial charge is 0.0898 e. The summed E-state index contributed by atoms with van der Waals surface area (Å²) in [5.41, 5.74) is 2.28. The highest BCUT2D eigenvalue weighted by Crippen LogP contribution is 2.29. The Morgan fingerprint density at radius 3 is 2.90 bits per heavy atom. The van der Waals surface area contributed by atoms with E-state index in [9.17, 15) is 0 Å². The summed E-state index contributed by atoms with van der Waals surface area (Å²) >= 11 is 1.71. The summed E-state index contributed by atoms with van der Waals surface area (Å²) < 4.78 is 2.17. The van der Waals surface area contributed by atoms with Gasteiger partial charge in [0.25, 0.3) is 0 Å². The molecule has 1 atom stereocenters. The molecule has 0 bridgehead atoms. The van der Waals surface area contributed by atoms with Crippen LogP contribution in [0.15, 0.2) is 17.6 Å². The maximum absolute atomic E-state index is 4.76. The Morgan fingerprint density at radius 2 is 2.25 bits per heavy atom. The lowest BCUT2D eigenvalue weighted by Gasteiger charge is -2.13. The summed E-state index contributed by atoms with van der Waals surface area (Å²) in [7, 11) is 1.99. The molecule has 0 amide bonds. The minimum absolute atomic E-state index is 0.256. The van der Waals surface area contributed by atoms with Gasteiger partial charge in [-0.1, -0.05) is 12.8 Å². The van der Waals surface area contributed by atoms with E-state index < -0.39 is 0 Å². The largest absolute Gasteiger partial charge is 0.311 e. The summed E-state index contributed by atoms with van der Waals surface area (Å²) in [6, 6.07) is 3.03. The lowest BCUT2D eigenvalue weighted by molar-refractivity contribution is 0.458. The van der Waals surface area contributed by atoms with E-state index in [1.165, 1.54) is 25.7 Å². The van der Waals surface area contributed by atoms with Gasteiger partial charge in [0.15, 0.2) is 0 Å². The van der Waals surface area contributed by atoms with Crippen molar-refractivity contribution in [3.05, 3.63) is 34.0 Å². The molecule has 4 nitrogen and oxygen atoms in total. The monoisotopic (exact) mass is 290 g/mol. The van der Waals surface area contributed by atoms with E-state index in [1.54, 1.807) is 11.3 Å². The molecule has 5 heteroatoms. The Labute approximate surface area is 124 Å². The van der Waals surface area contributed by atoms with Crippen LogP contribution in [0.1, 0.15) is 54.2 Å². The zero-order valence-electron chi connectivity index (χ0n) is 12.2. The van der Waals surface area contributed by atoms with Gasteiger partial charge in [0, 0.05) is 18.0 Å². The first-order valence-corrected chi connectivity index (χ1v) is 8.27. The molecule has 20 heavy (non-hydrogen) atoms. The van der Waals surface area contributed by atoms with E-state index >= 15 is 0 Å². The molecule has 0 saturated heterocycles. The van der Waals surface area contributed by atoms with Gasteiger partial charge in [0.2, 0.25) is 0 Å². The summed E-state index contributed by atoms with van der Waals surface area (Å²) in [6.45, 7) is 2.05. The number of nitrogens with one attached hydrogen (secondary N) is 1. The van der Waals surface area contributed by atoms with Crippen LogP contribution in [0.25, 0.3) is 0 Å². The lowest BCUT2D eigenvalue weighted by Crippen LogP contribution is -2.19. The van der Waals surface area contributed by atoms with E-state index in [1.807, 2.05) is 7.05 Å². The molecule has 3 rings (SSSR count). The SMILES string of the molecule is CNC(Cc1ccn(C2CCCC2)n1)c1csc(C)n1. The molecule has 1 aliphatic rings. The maximum atomic E-state index is 4.76. The van der Waals surface area contributed by atoms with Crippen LogP contribution in [0, 0.1) is 6.92 Å². The van der Waals surface area contributed by atoms with Gasteiger partial charge in [0.1, 0.15) is 0 Å². The van der Waals surface area contributed by atoms with Crippen molar-refractivity contribution in [3.63, 3.8) is 0 Å². The fourth-order valence-corrected chi connectivity index (χ4v) is 3.63. The molecule has 2 aromatic heterocycles. The third-order valence-electron chi connectivity index (χ3n) is 4.12. The zero-order valence-corrected chi connectivity index (χ0v) is 13.0. The number of thiazole rings is 1. The van der Waals surface area contributed by atoms with Gasteiger partial charge in [-0.25, -0.2) is 4.98 Å². The number of nitrogens with zero attached hydrogens (tertiary/aromatic N) is 3. The predicted octanol–water partition coefficient (Wildman–Crippen LogP) is 3.27. The van der Waals surface area contributed by atoms with E-state index in [4.69, 9.17) is 5.10 Å². The quantitative estimate of drug-likeness (QED) is 0.919. The van der Waals surface area contributed by atoms with Crippen LogP contribution in [0.4, 0.5) is 0 Å². The number of aromatic nitrogens is 3. The fraction of sp³-hybridized carbons (Fsp3) is 0.600. The van der Waals surface area contributed by atoms with Crippen molar-refractivity contribution in [1.82, 2.24) is 20.1 Å². The van der Waals surface area contributed by atoms with Crippen LogP contribution in [0.2, 0.25) is 0 Å². The fourth-order valence-electron chi connectivity index (χ4n) is 2.96. The van der Waals surface area contributed by atoms with Crippen molar-refractivity contribution < 1.29 is 0 Å². The maximum Gasteiger partial charge on any atom is 0.0898 e. The Kier molecular flexibility index (Phi) is 4.17. The van der Waals surface area contributed by atoms with E-state index in [0.717, 1.165) is 22.8 Å². The molecule has 0 aromatic carbocycles. The van der Waals surface area contributed by atoms with Gasteiger partial charge in [-0.15, -0.1) is 11.3 Å². The van der Waals surface area contributed by atoms with Crippen molar-refractivity contribution in [2.45, 2.75) is 51.1 Å². The van der Waals surface area contributed by atoms with Crippen molar-refractivity contribution in [2.75, 3.05) is 7.05 Å². The number of hydrogen-bond donors (Lipinski definition) is 1. The topological polar surface area (TPSA) is 42.7 Å². The average molecular weight is 290 g/mol. The zero-order chi connectivity index (χ0) is 13.9. The van der Waals surface area contributed by atoms with Crippen LogP contribution in [-0.2, 0) is 6.42 Å². The highest BCUT2D eigenvalue weighted by atomic mass is 32.1. The van der Waals surface area contributed by atoms with Gasteiger partial charge in [-0.05, 0) is 32.9 Å². The molecular weight excluding hydrogens is 268 g/mol. The molecule has 0 radical (unpaired) electrons. The third-order valence-corrected chi connectivity index (χ3v) is 4.91. The molecule has 0 aliphatic heterocycles. The first-order chi connectivity index (χ1) is 9.76. The molecule has 2 heterocycles. The van der Waals surface area contributed by atoms with Crippen LogP contribution >= 0.6 is 11.3 Å². The van der Waals surface area contributed by atoms with Crippen molar-refractivity contribution in [1.29, 1.82) is 0 Å². The molecule has 1 saturated carbocycles. The second kappa shape index (κ2) is 6.06. The predicted molar refractivity (Wildman–Crippen MR) is 82.1 cm³/mol. The number of likely N-dealkylation sites (N-methyl/N-ethyl adjacent to an activating group) is 1. The second-order valence-corrected chi connectivity index (χ2v) is 6.62. The molecule has 2 aromatic rings. The highest BCUT2D eigenvalue weighted by molar-refractivity contribution is 7.09. The van der Waals surface area contributed by atoms with Crippen LogP contribution in [0.3, 0.4) is 0 Å². The Morgan fingerprint density at radius 1 is 1.45 bits per heavy atom. The normalized spacial score (nSPS) is 17.7. The molecule has 1 unspecified atom stereocenters. The van der Waals surface area contributed by atoms with E-state index in [2.05, 4.69) is 39.5 Å². The minimum atomic E-state index is 0.256. The summed E-state index contributed by atoms with van der Waals surface area (Å²) in [6.07, 6.45) is 8.29. The van der Waals surface area contributed by atoms with Gasteiger partial charge in [-0.2, -0.15) is 5.10 Å². The lowest BCUT2D eigenvalue weighted by atomic mass is 10.1. The number of aryl methyl sites for hydroxylation is 1. The van der Waals surface area contributed by atoms with Crippen LogP contribution < -0.4 is 5.32 Å². The van der Waals surface area contributed by atoms with Gasteiger partial charge in [-0.3, -0.25) is 4.68 Å². The van der Waals surface area contributed by atoms with Gasteiger partial charge >= 0.3 is 0 Å². The molecule has 1 aliphatic carbocycles. The molecule has 108 valence electrons. The minimum Gasteiger partial charge on any atom is -0.311 e. The van der Waals surface area contributed by atoms with Crippen molar-refractivity contribution in [2.24, 2.45) is 0 Å². The van der Waals surface area contributed by atoms with Gasteiger partial charge in [0.05, 0.1) is 28.5 Å². The summed E-state index contributed by atoms with van der Waals surface area (Å²) in [5.74, 6) is 0. The Hall–Kier alpha value is -1.20.